The highest BCUT2D eigenvalue weighted by molar-refractivity contribution is 5.77. The van der Waals surface area contributed by atoms with Crippen molar-refractivity contribution in [3.63, 3.8) is 0 Å². The average molecular weight is 226 g/mol. The number of hydrogen-bond acceptors (Lipinski definition) is 2. The third-order valence-electron chi connectivity index (χ3n) is 3.07. The molecule has 2 N–H and O–H groups in total. The van der Waals surface area contributed by atoms with E-state index in [1.54, 1.807) is 17.9 Å². The zero-order valence-electron chi connectivity index (χ0n) is 9.53. The molecule has 0 aliphatic carbocycles. The lowest BCUT2D eigenvalue weighted by atomic mass is 9.80. The zero-order valence-corrected chi connectivity index (χ0v) is 9.53. The second kappa shape index (κ2) is 5.01. The number of urea groups is 1. The molecule has 0 aromatic rings. The molecule has 90 valence electrons. The van der Waals surface area contributed by atoms with Crippen molar-refractivity contribution in [2.24, 2.45) is 5.41 Å². The number of nitrogens with one attached hydrogen (secondary N) is 1. The van der Waals surface area contributed by atoms with Crippen molar-refractivity contribution in [3.05, 3.63) is 12.7 Å². The first kappa shape index (κ1) is 12.5. The summed E-state index contributed by atoms with van der Waals surface area (Å²) in [5.74, 6) is -0.779. The summed E-state index contributed by atoms with van der Waals surface area (Å²) in [5.41, 5.74) is -0.685. The fourth-order valence-electron chi connectivity index (χ4n) is 1.69. The van der Waals surface area contributed by atoms with Gasteiger partial charge in [-0.05, 0) is 19.8 Å². The maximum atomic E-state index is 11.6. The SMILES string of the molecule is C=CCNC(=O)N1CCC(C)(C(=O)O)CC1. The van der Waals surface area contributed by atoms with E-state index in [4.69, 9.17) is 5.11 Å². The molecule has 1 heterocycles. The van der Waals surface area contributed by atoms with E-state index < -0.39 is 11.4 Å². The van der Waals surface area contributed by atoms with E-state index in [0.29, 0.717) is 32.5 Å². The molecule has 1 aliphatic rings. The molecule has 0 spiro atoms. The van der Waals surface area contributed by atoms with Crippen LogP contribution in [-0.4, -0.2) is 41.6 Å². The molecule has 5 nitrogen and oxygen atoms in total. The highest BCUT2D eigenvalue weighted by Gasteiger charge is 2.37. The zero-order chi connectivity index (χ0) is 12.2. The van der Waals surface area contributed by atoms with Crippen molar-refractivity contribution in [3.8, 4) is 0 Å². The van der Waals surface area contributed by atoms with Gasteiger partial charge in [-0.1, -0.05) is 6.08 Å². The minimum Gasteiger partial charge on any atom is -0.481 e. The number of aliphatic carboxylic acids is 1. The predicted molar refractivity (Wildman–Crippen MR) is 60.1 cm³/mol. The number of hydrogen-bond donors (Lipinski definition) is 2. The first-order valence-corrected chi connectivity index (χ1v) is 5.37. The molecule has 16 heavy (non-hydrogen) atoms. The van der Waals surface area contributed by atoms with Crippen LogP contribution < -0.4 is 5.32 Å². The molecule has 0 unspecified atom stereocenters. The number of rotatable bonds is 3. The van der Waals surface area contributed by atoms with Crippen LogP contribution in [0.5, 0.6) is 0 Å². The fourth-order valence-corrected chi connectivity index (χ4v) is 1.69. The molecule has 0 saturated carbocycles. The maximum absolute atomic E-state index is 11.6. The van der Waals surface area contributed by atoms with E-state index in [1.165, 1.54) is 0 Å². The van der Waals surface area contributed by atoms with Crippen molar-refractivity contribution >= 4 is 12.0 Å². The minimum atomic E-state index is -0.779. The van der Waals surface area contributed by atoms with Crippen LogP contribution in [0.2, 0.25) is 0 Å². The summed E-state index contributed by atoms with van der Waals surface area (Å²) in [6.07, 6.45) is 2.62. The number of amides is 2. The van der Waals surface area contributed by atoms with Gasteiger partial charge in [0.2, 0.25) is 0 Å². The lowest BCUT2D eigenvalue weighted by molar-refractivity contribution is -0.150. The first-order valence-electron chi connectivity index (χ1n) is 5.37. The number of likely N-dealkylation sites (tertiary alicyclic amines) is 1. The highest BCUT2D eigenvalue weighted by atomic mass is 16.4. The van der Waals surface area contributed by atoms with E-state index in [9.17, 15) is 9.59 Å². The Balaban J connectivity index is 2.45. The lowest BCUT2D eigenvalue weighted by Crippen LogP contribution is -2.48. The average Bonchev–Trinajstić information content (AvgIpc) is 2.26. The quantitative estimate of drug-likeness (QED) is 0.707. The summed E-state index contributed by atoms with van der Waals surface area (Å²) in [4.78, 5) is 24.2. The van der Waals surface area contributed by atoms with E-state index in [2.05, 4.69) is 11.9 Å². The Labute approximate surface area is 95.1 Å². The molecule has 0 aromatic heterocycles. The Morgan fingerprint density at radius 1 is 1.50 bits per heavy atom. The summed E-state index contributed by atoms with van der Waals surface area (Å²) in [6, 6.07) is -0.146. The fraction of sp³-hybridized carbons (Fsp3) is 0.636. The second-order valence-electron chi connectivity index (χ2n) is 4.33. The predicted octanol–water partition coefficient (Wildman–Crippen LogP) is 1.07. The summed E-state index contributed by atoms with van der Waals surface area (Å²) >= 11 is 0. The van der Waals surface area contributed by atoms with Gasteiger partial charge in [-0.3, -0.25) is 4.79 Å². The lowest BCUT2D eigenvalue weighted by Gasteiger charge is -2.36. The number of piperidine rings is 1. The minimum absolute atomic E-state index is 0.146. The molecule has 5 heteroatoms. The Morgan fingerprint density at radius 3 is 2.50 bits per heavy atom. The monoisotopic (exact) mass is 226 g/mol. The van der Waals surface area contributed by atoms with Gasteiger partial charge in [0, 0.05) is 19.6 Å². The molecule has 2 amide bonds. The van der Waals surface area contributed by atoms with Gasteiger partial charge in [0.15, 0.2) is 0 Å². The molecule has 1 fully saturated rings. The van der Waals surface area contributed by atoms with E-state index in [1.807, 2.05) is 0 Å². The van der Waals surface area contributed by atoms with Crippen molar-refractivity contribution in [1.82, 2.24) is 10.2 Å². The summed E-state index contributed by atoms with van der Waals surface area (Å²) in [6.45, 7) is 6.66. The van der Waals surface area contributed by atoms with E-state index in [0.717, 1.165) is 0 Å². The standard InChI is InChI=1S/C11H18N2O3/c1-3-6-12-10(16)13-7-4-11(2,5-8-13)9(14)15/h3H,1,4-8H2,2H3,(H,12,16)(H,14,15). The van der Waals surface area contributed by atoms with Gasteiger partial charge in [-0.15, -0.1) is 6.58 Å². The molecular weight excluding hydrogens is 208 g/mol. The van der Waals surface area contributed by atoms with Gasteiger partial charge in [-0.2, -0.15) is 0 Å². The van der Waals surface area contributed by atoms with Crippen LogP contribution >= 0.6 is 0 Å². The van der Waals surface area contributed by atoms with Crippen LogP contribution in [0.4, 0.5) is 4.79 Å². The Bertz CT molecular complexity index is 294. The molecule has 1 saturated heterocycles. The highest BCUT2D eigenvalue weighted by Crippen LogP contribution is 2.30. The molecule has 0 atom stereocenters. The second-order valence-corrected chi connectivity index (χ2v) is 4.33. The van der Waals surface area contributed by atoms with Crippen LogP contribution in [0, 0.1) is 5.41 Å². The summed E-state index contributed by atoms with van der Waals surface area (Å²) < 4.78 is 0. The van der Waals surface area contributed by atoms with Crippen molar-refractivity contribution in [1.29, 1.82) is 0 Å². The van der Waals surface area contributed by atoms with Gasteiger partial charge in [0.05, 0.1) is 5.41 Å². The van der Waals surface area contributed by atoms with Gasteiger partial charge < -0.3 is 15.3 Å². The molecule has 0 bridgehead atoms. The Kier molecular flexibility index (Phi) is 3.93. The van der Waals surface area contributed by atoms with Gasteiger partial charge in [0.25, 0.3) is 0 Å². The third-order valence-corrected chi connectivity index (χ3v) is 3.07. The largest absolute Gasteiger partial charge is 0.481 e. The molecular formula is C11H18N2O3. The summed E-state index contributed by atoms with van der Waals surface area (Å²) in [7, 11) is 0. The van der Waals surface area contributed by atoms with Crippen molar-refractivity contribution in [2.45, 2.75) is 19.8 Å². The topological polar surface area (TPSA) is 69.6 Å². The normalized spacial score (nSPS) is 18.9. The Morgan fingerprint density at radius 2 is 2.06 bits per heavy atom. The number of carboxylic acids is 1. The number of carbonyl (C=O) groups is 2. The van der Waals surface area contributed by atoms with E-state index >= 15 is 0 Å². The molecule has 0 radical (unpaired) electrons. The Hall–Kier alpha value is -1.52. The smallest absolute Gasteiger partial charge is 0.317 e. The van der Waals surface area contributed by atoms with Crippen LogP contribution in [0.1, 0.15) is 19.8 Å². The van der Waals surface area contributed by atoms with Crippen molar-refractivity contribution < 1.29 is 14.7 Å². The van der Waals surface area contributed by atoms with Crippen molar-refractivity contribution in [2.75, 3.05) is 19.6 Å². The van der Waals surface area contributed by atoms with Gasteiger partial charge in [0.1, 0.15) is 0 Å². The first-order chi connectivity index (χ1) is 7.49. The molecule has 1 rings (SSSR count). The van der Waals surface area contributed by atoms with Crippen LogP contribution in [0.25, 0.3) is 0 Å². The summed E-state index contributed by atoms with van der Waals surface area (Å²) in [5, 5.41) is 11.7. The third kappa shape index (κ3) is 2.74. The molecule has 0 aromatic carbocycles. The van der Waals surface area contributed by atoms with Crippen LogP contribution in [0.3, 0.4) is 0 Å². The van der Waals surface area contributed by atoms with Gasteiger partial charge in [-0.25, -0.2) is 4.79 Å². The number of carbonyl (C=O) groups excluding carboxylic acids is 1. The number of carboxylic acid groups (broad SMARTS) is 1. The van der Waals surface area contributed by atoms with E-state index in [-0.39, 0.29) is 6.03 Å². The number of nitrogens with zero attached hydrogens (tertiary/aromatic N) is 1. The maximum Gasteiger partial charge on any atom is 0.317 e. The van der Waals surface area contributed by atoms with Crippen LogP contribution in [0.15, 0.2) is 12.7 Å². The van der Waals surface area contributed by atoms with Gasteiger partial charge >= 0.3 is 12.0 Å². The van der Waals surface area contributed by atoms with Crippen LogP contribution in [-0.2, 0) is 4.79 Å². The molecule has 1 aliphatic heterocycles.